The van der Waals surface area contributed by atoms with Crippen LogP contribution in [0.25, 0.3) is 0 Å². The minimum atomic E-state index is 0.0364. The Labute approximate surface area is 115 Å². The molecule has 102 valence electrons. The van der Waals surface area contributed by atoms with E-state index < -0.39 is 0 Å². The van der Waals surface area contributed by atoms with Gasteiger partial charge in [-0.1, -0.05) is 23.1 Å². The normalized spacial score (nSPS) is 20.1. The van der Waals surface area contributed by atoms with E-state index in [1.165, 1.54) is 24.2 Å². The molecule has 0 aliphatic carbocycles. The molecular weight excluding hydrogens is 270 g/mol. The maximum absolute atomic E-state index is 5.66. The summed E-state index contributed by atoms with van der Waals surface area (Å²) in [5.41, 5.74) is 5.51. The molecule has 1 fully saturated rings. The van der Waals surface area contributed by atoms with Gasteiger partial charge in [-0.2, -0.15) is 0 Å². The predicted octanol–water partition coefficient (Wildman–Crippen LogP) is 2.54. The highest BCUT2D eigenvalue weighted by Gasteiger charge is 2.13. The summed E-state index contributed by atoms with van der Waals surface area (Å²) in [6.45, 7) is 1.63. The summed E-state index contributed by atoms with van der Waals surface area (Å²) in [7, 11) is 0. The molecule has 0 aromatic carbocycles. The van der Waals surface area contributed by atoms with Crippen molar-refractivity contribution < 1.29 is 9.47 Å². The van der Waals surface area contributed by atoms with Gasteiger partial charge >= 0.3 is 0 Å². The number of nitrogen functional groups attached to an aromatic ring is 1. The molecule has 7 heteroatoms. The van der Waals surface area contributed by atoms with Crippen molar-refractivity contribution in [3.63, 3.8) is 0 Å². The molecular formula is C11H19N3O2S2. The van der Waals surface area contributed by atoms with Gasteiger partial charge in [-0.3, -0.25) is 0 Å². The quantitative estimate of drug-likeness (QED) is 0.614. The molecule has 5 nitrogen and oxygen atoms in total. The second-order valence-corrected chi connectivity index (χ2v) is 6.48. The Morgan fingerprint density at radius 3 is 3.06 bits per heavy atom. The average Bonchev–Trinajstić information content (AvgIpc) is 2.81. The number of anilines is 1. The minimum absolute atomic E-state index is 0.0364. The number of nitrogens with zero attached hydrogens (tertiary/aromatic N) is 2. The third-order valence-electron chi connectivity index (χ3n) is 2.63. The van der Waals surface area contributed by atoms with Gasteiger partial charge < -0.3 is 15.2 Å². The van der Waals surface area contributed by atoms with E-state index in [1.807, 2.05) is 0 Å². The predicted molar refractivity (Wildman–Crippen MR) is 73.8 cm³/mol. The standard InChI is InChI=1S/C11H19N3O2S2/c12-10-13-14-11(18-10)17-8-4-3-7-16-9-5-1-2-6-15-9/h9H,1-8H2,(H2,12,13). The summed E-state index contributed by atoms with van der Waals surface area (Å²) < 4.78 is 12.1. The van der Waals surface area contributed by atoms with Crippen molar-refractivity contribution in [2.24, 2.45) is 0 Å². The Kier molecular flexibility index (Phi) is 6.19. The molecule has 1 unspecified atom stereocenters. The first-order valence-electron chi connectivity index (χ1n) is 6.29. The third kappa shape index (κ3) is 5.09. The fourth-order valence-corrected chi connectivity index (χ4v) is 3.41. The average molecular weight is 289 g/mol. The highest BCUT2D eigenvalue weighted by molar-refractivity contribution is 8.01. The van der Waals surface area contributed by atoms with Gasteiger partial charge in [0.25, 0.3) is 0 Å². The molecule has 2 N–H and O–H groups in total. The Morgan fingerprint density at radius 1 is 1.39 bits per heavy atom. The molecule has 0 spiro atoms. The van der Waals surface area contributed by atoms with Crippen LogP contribution in [0.3, 0.4) is 0 Å². The van der Waals surface area contributed by atoms with Crippen molar-refractivity contribution >= 4 is 28.2 Å². The van der Waals surface area contributed by atoms with E-state index in [0.29, 0.717) is 5.13 Å². The molecule has 1 saturated heterocycles. The van der Waals surface area contributed by atoms with Crippen molar-refractivity contribution in [1.29, 1.82) is 0 Å². The topological polar surface area (TPSA) is 70.3 Å². The van der Waals surface area contributed by atoms with E-state index in [9.17, 15) is 0 Å². The van der Waals surface area contributed by atoms with Crippen LogP contribution >= 0.6 is 23.1 Å². The molecule has 2 rings (SSSR count). The van der Waals surface area contributed by atoms with Gasteiger partial charge in [0.2, 0.25) is 5.13 Å². The summed E-state index contributed by atoms with van der Waals surface area (Å²) in [5, 5.41) is 8.28. The molecule has 0 radical (unpaired) electrons. The maximum Gasteiger partial charge on any atom is 0.203 e. The second kappa shape index (κ2) is 7.93. The number of ether oxygens (including phenoxy) is 2. The zero-order chi connectivity index (χ0) is 12.6. The summed E-state index contributed by atoms with van der Waals surface area (Å²) >= 11 is 3.15. The molecule has 0 saturated carbocycles. The number of unbranched alkanes of at least 4 members (excludes halogenated alkanes) is 1. The van der Waals surface area contributed by atoms with Gasteiger partial charge in [-0.15, -0.1) is 10.2 Å². The van der Waals surface area contributed by atoms with Crippen molar-refractivity contribution in [2.75, 3.05) is 24.7 Å². The van der Waals surface area contributed by atoms with Gasteiger partial charge in [0.1, 0.15) is 0 Å². The fourth-order valence-electron chi connectivity index (χ4n) is 1.70. The van der Waals surface area contributed by atoms with Gasteiger partial charge in [0.15, 0.2) is 10.6 Å². The lowest BCUT2D eigenvalue weighted by atomic mass is 10.2. The summed E-state index contributed by atoms with van der Waals surface area (Å²) in [6.07, 6.45) is 5.63. The minimum Gasteiger partial charge on any atom is -0.374 e. The summed E-state index contributed by atoms with van der Waals surface area (Å²) in [6, 6.07) is 0. The van der Waals surface area contributed by atoms with Gasteiger partial charge in [0.05, 0.1) is 0 Å². The van der Waals surface area contributed by atoms with Crippen LogP contribution in [0.4, 0.5) is 5.13 Å². The second-order valence-electron chi connectivity index (χ2n) is 4.13. The molecule has 1 aromatic heterocycles. The number of rotatable bonds is 7. The van der Waals surface area contributed by atoms with Crippen LogP contribution in [-0.2, 0) is 9.47 Å². The number of nitrogens with two attached hydrogens (primary N) is 1. The smallest absolute Gasteiger partial charge is 0.203 e. The first kappa shape index (κ1) is 14.0. The molecule has 1 atom stereocenters. The van der Waals surface area contributed by atoms with Crippen molar-refractivity contribution in [2.45, 2.75) is 42.7 Å². The third-order valence-corrected chi connectivity index (χ3v) is 4.60. The van der Waals surface area contributed by atoms with E-state index in [4.69, 9.17) is 15.2 Å². The zero-order valence-corrected chi connectivity index (χ0v) is 12.0. The molecule has 1 aliphatic heterocycles. The van der Waals surface area contributed by atoms with Crippen LogP contribution in [0.15, 0.2) is 4.34 Å². The summed E-state index contributed by atoms with van der Waals surface area (Å²) in [5.74, 6) is 1.03. The molecule has 18 heavy (non-hydrogen) atoms. The first-order chi connectivity index (χ1) is 8.84. The zero-order valence-electron chi connectivity index (χ0n) is 10.3. The Hall–Kier alpha value is -0.370. The maximum atomic E-state index is 5.66. The largest absolute Gasteiger partial charge is 0.374 e. The van der Waals surface area contributed by atoms with E-state index in [0.717, 1.165) is 42.6 Å². The molecule has 0 bridgehead atoms. The molecule has 1 aliphatic rings. The van der Waals surface area contributed by atoms with Crippen LogP contribution in [0.5, 0.6) is 0 Å². The lowest BCUT2D eigenvalue weighted by Gasteiger charge is -2.22. The van der Waals surface area contributed by atoms with E-state index >= 15 is 0 Å². The van der Waals surface area contributed by atoms with Crippen LogP contribution in [-0.4, -0.2) is 35.5 Å². The van der Waals surface area contributed by atoms with Crippen LogP contribution in [0.2, 0.25) is 0 Å². The van der Waals surface area contributed by atoms with Gasteiger partial charge in [-0.05, 0) is 32.1 Å². The van der Waals surface area contributed by atoms with Gasteiger partial charge in [-0.25, -0.2) is 0 Å². The Balaban J connectivity index is 1.46. The van der Waals surface area contributed by atoms with E-state index in [2.05, 4.69) is 10.2 Å². The van der Waals surface area contributed by atoms with Crippen LogP contribution in [0.1, 0.15) is 32.1 Å². The van der Waals surface area contributed by atoms with E-state index in [1.54, 1.807) is 11.8 Å². The summed E-state index contributed by atoms with van der Waals surface area (Å²) in [4.78, 5) is 0. The monoisotopic (exact) mass is 289 g/mol. The molecule has 1 aromatic rings. The van der Waals surface area contributed by atoms with E-state index in [-0.39, 0.29) is 6.29 Å². The SMILES string of the molecule is Nc1nnc(SCCCCOC2CCCCO2)s1. The molecule has 2 heterocycles. The van der Waals surface area contributed by atoms with Crippen LogP contribution < -0.4 is 5.73 Å². The molecule has 0 amide bonds. The Morgan fingerprint density at radius 2 is 2.33 bits per heavy atom. The lowest BCUT2D eigenvalue weighted by Crippen LogP contribution is -2.22. The number of thioether (sulfide) groups is 1. The van der Waals surface area contributed by atoms with Crippen LogP contribution in [0, 0.1) is 0 Å². The number of aromatic nitrogens is 2. The van der Waals surface area contributed by atoms with Gasteiger partial charge in [0, 0.05) is 19.0 Å². The Bertz CT molecular complexity index is 343. The lowest BCUT2D eigenvalue weighted by molar-refractivity contribution is -0.162. The van der Waals surface area contributed by atoms with Crippen molar-refractivity contribution in [3.05, 3.63) is 0 Å². The number of hydrogen-bond donors (Lipinski definition) is 1. The highest BCUT2D eigenvalue weighted by atomic mass is 32.2. The highest BCUT2D eigenvalue weighted by Crippen LogP contribution is 2.24. The first-order valence-corrected chi connectivity index (χ1v) is 8.10. The fraction of sp³-hybridized carbons (Fsp3) is 0.818. The number of hydrogen-bond acceptors (Lipinski definition) is 7. The van der Waals surface area contributed by atoms with Crippen molar-refractivity contribution in [3.8, 4) is 0 Å². The van der Waals surface area contributed by atoms with Crippen molar-refractivity contribution in [1.82, 2.24) is 10.2 Å².